The lowest BCUT2D eigenvalue weighted by molar-refractivity contribution is -0.150. The van der Waals surface area contributed by atoms with E-state index < -0.39 is 29.4 Å². The van der Waals surface area contributed by atoms with E-state index in [1.54, 1.807) is 12.1 Å². The Balaban J connectivity index is 1.79. The molecule has 0 aliphatic carbocycles. The summed E-state index contributed by atoms with van der Waals surface area (Å²) in [6.07, 6.45) is 3.79. The third kappa shape index (κ3) is 3.39. The molecule has 2 aliphatic rings. The molecular formula is C30H27N3O3. The number of nitriles is 1. The maximum absolute atomic E-state index is 14.2. The molecule has 2 heterocycles. The van der Waals surface area contributed by atoms with E-state index in [1.165, 1.54) is 7.11 Å². The number of carbonyl (C=O) groups excluding carboxylic acids is 2. The number of para-hydroxylation sites is 1. The Morgan fingerprint density at radius 2 is 1.64 bits per heavy atom. The smallest absolute Gasteiger partial charge is 0.329 e. The van der Waals surface area contributed by atoms with Gasteiger partial charge in [-0.1, -0.05) is 72.8 Å². The van der Waals surface area contributed by atoms with Crippen LogP contribution in [0.3, 0.4) is 0 Å². The number of carbonyl (C=O) groups is 2. The Bertz CT molecular complexity index is 1370. The molecule has 0 N–H and O–H groups in total. The molecule has 1 saturated heterocycles. The number of ether oxygens (including phenoxy) is 1. The number of fused-ring (bicyclic) bond motifs is 3. The van der Waals surface area contributed by atoms with Crippen molar-refractivity contribution in [3.8, 4) is 6.07 Å². The molecule has 180 valence electrons. The van der Waals surface area contributed by atoms with Crippen molar-refractivity contribution < 1.29 is 14.3 Å². The van der Waals surface area contributed by atoms with Crippen molar-refractivity contribution in [1.82, 2.24) is 0 Å². The minimum absolute atomic E-state index is 0.145. The van der Waals surface area contributed by atoms with Gasteiger partial charge in [0, 0.05) is 37.0 Å². The summed E-state index contributed by atoms with van der Waals surface area (Å²) in [6, 6.07) is 25.4. The highest BCUT2D eigenvalue weighted by atomic mass is 16.5. The summed E-state index contributed by atoms with van der Waals surface area (Å²) in [5.74, 6) is -1.55. The summed E-state index contributed by atoms with van der Waals surface area (Å²) in [6.45, 7) is 0. The van der Waals surface area contributed by atoms with Crippen LogP contribution in [-0.4, -0.2) is 45.0 Å². The molecule has 0 spiro atoms. The summed E-state index contributed by atoms with van der Waals surface area (Å²) in [7, 11) is 5.19. The number of benzene rings is 3. The van der Waals surface area contributed by atoms with Crippen LogP contribution in [0.15, 0.2) is 84.9 Å². The summed E-state index contributed by atoms with van der Waals surface area (Å²) in [5.41, 5.74) is 2.36. The zero-order valence-electron chi connectivity index (χ0n) is 20.5. The quantitative estimate of drug-likeness (QED) is 0.392. The largest absolute Gasteiger partial charge is 0.468 e. The molecule has 4 atom stereocenters. The standard InChI is InChI=1S/C30H27N3O3/c1-32(2)23-16-13-21(14-17-23)26-27(28(34)22-10-5-4-6-11-22)33-24-12-8-7-9-20(24)15-18-25(33)30(26,19-31)29(35)36-3/h4-18,25-27H,1-3H3/t25-,26-,27+,30-/m1/s1. The Morgan fingerprint density at radius 3 is 2.28 bits per heavy atom. The van der Waals surface area contributed by atoms with Gasteiger partial charge in [0.1, 0.15) is 6.04 Å². The van der Waals surface area contributed by atoms with Crippen molar-refractivity contribution in [2.75, 3.05) is 31.0 Å². The molecule has 0 saturated carbocycles. The molecule has 0 radical (unpaired) electrons. The fourth-order valence-electron chi connectivity index (χ4n) is 5.66. The van der Waals surface area contributed by atoms with E-state index in [-0.39, 0.29) is 5.78 Å². The highest BCUT2D eigenvalue weighted by Crippen LogP contribution is 2.56. The second-order valence-corrected chi connectivity index (χ2v) is 9.38. The van der Waals surface area contributed by atoms with Crippen LogP contribution in [0, 0.1) is 16.7 Å². The lowest BCUT2D eigenvalue weighted by atomic mass is 9.68. The number of hydrogen-bond acceptors (Lipinski definition) is 6. The first-order valence-corrected chi connectivity index (χ1v) is 11.9. The van der Waals surface area contributed by atoms with Crippen molar-refractivity contribution in [3.63, 3.8) is 0 Å². The highest BCUT2D eigenvalue weighted by Gasteiger charge is 2.67. The molecule has 6 nitrogen and oxygen atoms in total. The minimum Gasteiger partial charge on any atom is -0.468 e. The lowest BCUT2D eigenvalue weighted by Gasteiger charge is -2.36. The molecule has 3 aromatic rings. The number of esters is 1. The summed E-state index contributed by atoms with van der Waals surface area (Å²) >= 11 is 0. The van der Waals surface area contributed by atoms with E-state index in [1.807, 2.05) is 103 Å². The fraction of sp³-hybridized carbons (Fsp3) is 0.233. The second kappa shape index (κ2) is 9.01. The van der Waals surface area contributed by atoms with Crippen molar-refractivity contribution in [2.45, 2.75) is 18.0 Å². The molecule has 0 bridgehead atoms. The first-order valence-electron chi connectivity index (χ1n) is 11.9. The van der Waals surface area contributed by atoms with E-state index in [0.29, 0.717) is 5.56 Å². The van der Waals surface area contributed by atoms with Gasteiger partial charge in [-0.3, -0.25) is 9.59 Å². The minimum atomic E-state index is -1.63. The van der Waals surface area contributed by atoms with Gasteiger partial charge < -0.3 is 14.5 Å². The van der Waals surface area contributed by atoms with Gasteiger partial charge in [0.15, 0.2) is 11.2 Å². The van der Waals surface area contributed by atoms with Crippen LogP contribution < -0.4 is 9.80 Å². The predicted molar refractivity (Wildman–Crippen MR) is 140 cm³/mol. The monoisotopic (exact) mass is 477 g/mol. The van der Waals surface area contributed by atoms with Gasteiger partial charge in [-0.2, -0.15) is 5.26 Å². The zero-order valence-corrected chi connectivity index (χ0v) is 20.5. The molecular weight excluding hydrogens is 450 g/mol. The third-order valence-corrected chi connectivity index (χ3v) is 7.35. The second-order valence-electron chi connectivity index (χ2n) is 9.38. The van der Waals surface area contributed by atoms with Crippen LogP contribution in [0.25, 0.3) is 6.08 Å². The van der Waals surface area contributed by atoms with Gasteiger partial charge in [-0.05, 0) is 29.3 Å². The van der Waals surface area contributed by atoms with Crippen molar-refractivity contribution in [3.05, 3.63) is 102 Å². The number of hydrogen-bond donors (Lipinski definition) is 0. The van der Waals surface area contributed by atoms with E-state index >= 15 is 0 Å². The fourth-order valence-corrected chi connectivity index (χ4v) is 5.66. The van der Waals surface area contributed by atoms with Crippen LogP contribution in [0.1, 0.15) is 27.4 Å². The number of Topliss-reactive ketones (excluding diaryl/α,β-unsaturated/α-hetero) is 1. The Hall–Kier alpha value is -4.37. The van der Waals surface area contributed by atoms with E-state index in [0.717, 1.165) is 22.5 Å². The van der Waals surface area contributed by atoms with Crippen LogP contribution >= 0.6 is 0 Å². The van der Waals surface area contributed by atoms with Gasteiger partial charge in [0.25, 0.3) is 0 Å². The van der Waals surface area contributed by atoms with Gasteiger partial charge in [-0.15, -0.1) is 0 Å². The Morgan fingerprint density at radius 1 is 0.972 bits per heavy atom. The maximum atomic E-state index is 14.2. The molecule has 5 rings (SSSR count). The topological polar surface area (TPSA) is 73.6 Å². The maximum Gasteiger partial charge on any atom is 0.329 e. The highest BCUT2D eigenvalue weighted by molar-refractivity contribution is 6.06. The van der Waals surface area contributed by atoms with Gasteiger partial charge >= 0.3 is 5.97 Å². The van der Waals surface area contributed by atoms with E-state index in [9.17, 15) is 14.9 Å². The van der Waals surface area contributed by atoms with Gasteiger partial charge in [0.2, 0.25) is 0 Å². The first-order chi connectivity index (χ1) is 17.4. The molecule has 1 fully saturated rings. The van der Waals surface area contributed by atoms with Gasteiger partial charge in [-0.25, -0.2) is 0 Å². The molecule has 36 heavy (non-hydrogen) atoms. The van der Waals surface area contributed by atoms with E-state index in [2.05, 4.69) is 6.07 Å². The molecule has 6 heteroatoms. The normalized spacial score (nSPS) is 23.8. The average Bonchev–Trinajstić information content (AvgIpc) is 3.24. The third-order valence-electron chi connectivity index (χ3n) is 7.35. The molecule has 0 aromatic heterocycles. The lowest BCUT2D eigenvalue weighted by Crippen LogP contribution is -2.46. The Labute approximate surface area is 211 Å². The number of methoxy groups -OCH3 is 1. The summed E-state index contributed by atoms with van der Waals surface area (Å²) in [4.78, 5) is 31.8. The van der Waals surface area contributed by atoms with Crippen molar-refractivity contribution in [2.24, 2.45) is 5.41 Å². The molecule has 0 unspecified atom stereocenters. The summed E-state index contributed by atoms with van der Waals surface area (Å²) < 4.78 is 5.27. The number of anilines is 2. The van der Waals surface area contributed by atoms with Crippen LogP contribution in [-0.2, 0) is 9.53 Å². The first kappa shape index (κ1) is 23.4. The SMILES string of the molecule is COC(=O)[C@@]1(C#N)[C@H](c2ccc(N(C)C)cc2)[C@@H](C(=O)c2ccccc2)N2c3ccccc3C=C[C@@H]21. The predicted octanol–water partition coefficient (Wildman–Crippen LogP) is 4.69. The van der Waals surface area contributed by atoms with Crippen LogP contribution in [0.2, 0.25) is 0 Å². The Kier molecular flexibility index (Phi) is 5.85. The average molecular weight is 478 g/mol. The van der Waals surface area contributed by atoms with Gasteiger partial charge in [0.05, 0.1) is 19.2 Å². The van der Waals surface area contributed by atoms with E-state index in [4.69, 9.17) is 4.74 Å². The van der Waals surface area contributed by atoms with Crippen molar-refractivity contribution in [1.29, 1.82) is 5.26 Å². The zero-order chi connectivity index (χ0) is 25.4. The summed E-state index contributed by atoms with van der Waals surface area (Å²) in [5, 5.41) is 10.7. The van der Waals surface area contributed by atoms with Crippen LogP contribution in [0.4, 0.5) is 11.4 Å². The number of nitrogens with zero attached hydrogens (tertiary/aromatic N) is 3. The van der Waals surface area contributed by atoms with Crippen molar-refractivity contribution >= 4 is 29.2 Å². The molecule has 2 aliphatic heterocycles. The number of rotatable bonds is 5. The molecule has 3 aromatic carbocycles. The van der Waals surface area contributed by atoms with Crippen LogP contribution in [0.5, 0.6) is 0 Å². The molecule has 0 amide bonds. The number of ketones is 1.